The standard InChI is InChI=1S/C21H15F3N2O3/c22-21(23,24)29-18-8-4-3-5-15(18)13-9-10-14(25-11-13)12-26-19(27)16-6-1-2-7-17(16)20(26)28/h1-7,9-11,18H,8,12H2. The number of rotatable bonds is 4. The maximum Gasteiger partial charge on any atom is 0.523 e. The lowest BCUT2D eigenvalue weighted by molar-refractivity contribution is -0.334. The van der Waals surface area contributed by atoms with Crippen LogP contribution in [0.1, 0.15) is 38.4 Å². The van der Waals surface area contributed by atoms with E-state index in [4.69, 9.17) is 0 Å². The van der Waals surface area contributed by atoms with Gasteiger partial charge in [-0.1, -0.05) is 36.4 Å². The number of carbonyl (C=O) groups excluding carboxylic acids is 2. The monoisotopic (exact) mass is 400 g/mol. The first-order chi connectivity index (χ1) is 13.8. The smallest absolute Gasteiger partial charge is 0.283 e. The number of hydrogen-bond donors (Lipinski definition) is 0. The van der Waals surface area contributed by atoms with E-state index in [1.54, 1.807) is 54.6 Å². The van der Waals surface area contributed by atoms with Gasteiger partial charge < -0.3 is 0 Å². The largest absolute Gasteiger partial charge is 0.523 e. The topological polar surface area (TPSA) is 59.5 Å². The summed E-state index contributed by atoms with van der Waals surface area (Å²) in [7, 11) is 0. The zero-order valence-corrected chi connectivity index (χ0v) is 15.0. The Morgan fingerprint density at radius 3 is 2.34 bits per heavy atom. The molecule has 1 aliphatic heterocycles. The normalized spacial score (nSPS) is 18.8. The molecule has 2 aromatic rings. The lowest BCUT2D eigenvalue weighted by Crippen LogP contribution is -2.29. The van der Waals surface area contributed by atoms with E-state index in [1.165, 1.54) is 6.20 Å². The van der Waals surface area contributed by atoms with Crippen LogP contribution < -0.4 is 0 Å². The Hall–Kier alpha value is -3.26. The maximum atomic E-state index is 12.6. The molecule has 148 valence electrons. The molecule has 8 heteroatoms. The fourth-order valence-electron chi connectivity index (χ4n) is 3.40. The maximum absolute atomic E-state index is 12.6. The molecule has 5 nitrogen and oxygen atoms in total. The highest BCUT2D eigenvalue weighted by Crippen LogP contribution is 2.32. The van der Waals surface area contributed by atoms with Crippen LogP contribution in [-0.4, -0.2) is 34.2 Å². The van der Waals surface area contributed by atoms with Crippen LogP contribution >= 0.6 is 0 Å². The van der Waals surface area contributed by atoms with Gasteiger partial charge in [0.25, 0.3) is 11.8 Å². The van der Waals surface area contributed by atoms with Crippen molar-refractivity contribution in [3.63, 3.8) is 0 Å². The van der Waals surface area contributed by atoms with Crippen LogP contribution in [0.25, 0.3) is 5.57 Å². The van der Waals surface area contributed by atoms with Crippen LogP contribution in [0.3, 0.4) is 0 Å². The van der Waals surface area contributed by atoms with Crippen molar-refractivity contribution in [3.05, 3.63) is 83.2 Å². The summed E-state index contributed by atoms with van der Waals surface area (Å²) >= 11 is 0. The molecular weight excluding hydrogens is 385 g/mol. The molecule has 1 unspecified atom stereocenters. The van der Waals surface area contributed by atoms with Crippen molar-refractivity contribution in [3.8, 4) is 0 Å². The van der Waals surface area contributed by atoms with Crippen LogP contribution in [0.15, 0.2) is 60.8 Å². The number of carbonyl (C=O) groups is 2. The summed E-state index contributed by atoms with van der Waals surface area (Å²) in [6, 6.07) is 9.76. The van der Waals surface area contributed by atoms with Crippen LogP contribution in [0.5, 0.6) is 0 Å². The minimum atomic E-state index is -4.74. The second-order valence-corrected chi connectivity index (χ2v) is 6.62. The summed E-state index contributed by atoms with van der Waals surface area (Å²) in [5, 5.41) is 0. The van der Waals surface area contributed by atoms with E-state index in [9.17, 15) is 22.8 Å². The molecule has 1 atom stereocenters. The van der Waals surface area contributed by atoms with Gasteiger partial charge in [0.1, 0.15) is 0 Å². The third-order valence-corrected chi connectivity index (χ3v) is 4.74. The lowest BCUT2D eigenvalue weighted by atomic mass is 9.95. The molecule has 1 aromatic heterocycles. The van der Waals surface area contributed by atoms with Crippen molar-refractivity contribution in [1.82, 2.24) is 9.88 Å². The van der Waals surface area contributed by atoms with Crippen molar-refractivity contribution < 1.29 is 27.5 Å². The number of halogens is 3. The molecule has 0 spiro atoms. The highest BCUT2D eigenvalue weighted by molar-refractivity contribution is 6.21. The van der Waals surface area contributed by atoms with Gasteiger partial charge in [-0.05, 0) is 35.8 Å². The number of ether oxygens (including phenoxy) is 1. The minimum Gasteiger partial charge on any atom is -0.283 e. The van der Waals surface area contributed by atoms with E-state index in [-0.39, 0.29) is 13.0 Å². The van der Waals surface area contributed by atoms with Crippen molar-refractivity contribution in [2.24, 2.45) is 0 Å². The number of hydrogen-bond acceptors (Lipinski definition) is 4. The summed E-state index contributed by atoms with van der Waals surface area (Å²) < 4.78 is 42.1. The van der Waals surface area contributed by atoms with E-state index in [1.807, 2.05) is 0 Å². The zero-order chi connectivity index (χ0) is 20.6. The van der Waals surface area contributed by atoms with E-state index in [2.05, 4.69) is 9.72 Å². The Balaban J connectivity index is 1.52. The minimum absolute atomic E-state index is 0.0198. The molecule has 0 fully saturated rings. The van der Waals surface area contributed by atoms with Crippen molar-refractivity contribution in [1.29, 1.82) is 0 Å². The summed E-state index contributed by atoms with van der Waals surface area (Å²) in [4.78, 5) is 30.2. The van der Waals surface area contributed by atoms with Gasteiger partial charge in [-0.25, -0.2) is 0 Å². The predicted molar refractivity (Wildman–Crippen MR) is 97.5 cm³/mol. The van der Waals surface area contributed by atoms with Crippen molar-refractivity contribution in [2.45, 2.75) is 25.4 Å². The van der Waals surface area contributed by atoms with E-state index >= 15 is 0 Å². The fourth-order valence-corrected chi connectivity index (χ4v) is 3.40. The Morgan fingerprint density at radius 1 is 1.07 bits per heavy atom. The number of allylic oxidation sites excluding steroid dienone is 2. The third-order valence-electron chi connectivity index (χ3n) is 4.74. The molecule has 0 radical (unpaired) electrons. The Morgan fingerprint density at radius 2 is 1.76 bits per heavy atom. The number of aromatic nitrogens is 1. The molecule has 0 saturated carbocycles. The van der Waals surface area contributed by atoms with E-state index in [0.29, 0.717) is 28.0 Å². The van der Waals surface area contributed by atoms with Crippen molar-refractivity contribution >= 4 is 17.4 Å². The summed E-state index contributed by atoms with van der Waals surface area (Å²) in [5.74, 6) is -0.787. The van der Waals surface area contributed by atoms with Crippen LogP contribution in [0.2, 0.25) is 0 Å². The first-order valence-electron chi connectivity index (χ1n) is 8.85. The number of nitrogens with zero attached hydrogens (tertiary/aromatic N) is 2. The van der Waals surface area contributed by atoms with Gasteiger partial charge in [-0.15, -0.1) is 13.2 Å². The van der Waals surface area contributed by atoms with Gasteiger partial charge in [0, 0.05) is 6.20 Å². The second-order valence-electron chi connectivity index (χ2n) is 6.62. The summed E-state index contributed by atoms with van der Waals surface area (Å²) in [6.45, 7) is -0.0198. The number of amides is 2. The molecule has 0 saturated heterocycles. The lowest BCUT2D eigenvalue weighted by Gasteiger charge is -2.23. The zero-order valence-electron chi connectivity index (χ0n) is 15.0. The number of alkyl halides is 3. The molecule has 2 aliphatic rings. The molecule has 4 rings (SSSR count). The van der Waals surface area contributed by atoms with Gasteiger partial charge in [0.15, 0.2) is 0 Å². The molecule has 0 N–H and O–H groups in total. The average molecular weight is 400 g/mol. The number of pyridine rings is 1. The molecule has 0 bridgehead atoms. The first-order valence-corrected chi connectivity index (χ1v) is 8.85. The van der Waals surface area contributed by atoms with E-state index < -0.39 is 24.3 Å². The fraction of sp³-hybridized carbons (Fsp3) is 0.190. The summed E-state index contributed by atoms with van der Waals surface area (Å²) in [6.07, 6.45) is 0.452. The van der Waals surface area contributed by atoms with Gasteiger partial charge in [0.05, 0.1) is 29.5 Å². The predicted octanol–water partition coefficient (Wildman–Crippen LogP) is 4.13. The number of imide groups is 1. The summed E-state index contributed by atoms with van der Waals surface area (Å²) in [5.41, 5.74) is 1.99. The van der Waals surface area contributed by atoms with Gasteiger partial charge in [-0.3, -0.25) is 24.2 Å². The first kappa shape index (κ1) is 19.1. The second kappa shape index (κ2) is 7.29. The molecule has 29 heavy (non-hydrogen) atoms. The Labute approximate surface area is 164 Å². The van der Waals surface area contributed by atoms with E-state index in [0.717, 1.165) is 4.90 Å². The number of benzene rings is 1. The quantitative estimate of drug-likeness (QED) is 0.725. The third kappa shape index (κ3) is 3.84. The highest BCUT2D eigenvalue weighted by Gasteiger charge is 2.36. The molecule has 1 aromatic carbocycles. The average Bonchev–Trinajstić information content (AvgIpc) is 2.93. The van der Waals surface area contributed by atoms with Crippen LogP contribution in [0, 0.1) is 0 Å². The molecular formula is C21H15F3N2O3. The molecule has 1 aliphatic carbocycles. The van der Waals surface area contributed by atoms with Crippen LogP contribution in [0.4, 0.5) is 13.2 Å². The number of fused-ring (bicyclic) bond motifs is 1. The highest BCUT2D eigenvalue weighted by atomic mass is 19.4. The van der Waals surface area contributed by atoms with Gasteiger partial charge in [-0.2, -0.15) is 0 Å². The van der Waals surface area contributed by atoms with Gasteiger partial charge >= 0.3 is 6.36 Å². The molecule has 2 heterocycles. The molecule has 2 amide bonds. The Kier molecular flexibility index (Phi) is 4.79. The van der Waals surface area contributed by atoms with Gasteiger partial charge in [0.2, 0.25) is 0 Å². The van der Waals surface area contributed by atoms with Crippen molar-refractivity contribution in [2.75, 3.05) is 0 Å². The van der Waals surface area contributed by atoms with Crippen LogP contribution in [-0.2, 0) is 11.3 Å². The SMILES string of the molecule is O=C1c2ccccc2C(=O)N1Cc1ccc(C2=CC=CCC2OC(F)(F)F)cn1. The Bertz CT molecular complexity index is 991.